The molecule has 2 heteroatoms. The van der Waals surface area contributed by atoms with Gasteiger partial charge in [0.25, 0.3) is 0 Å². The number of nitrogens with zero attached hydrogens (tertiary/aromatic N) is 1. The first-order valence-electron chi connectivity index (χ1n) is 16.4. The van der Waals surface area contributed by atoms with Gasteiger partial charge in [0.2, 0.25) is 0 Å². The topological polar surface area (TPSA) is 25.2 Å². The van der Waals surface area contributed by atoms with Gasteiger partial charge in [-0.3, -0.25) is 0 Å². The van der Waals surface area contributed by atoms with Crippen molar-refractivity contribution in [1.82, 2.24) is 4.57 Å². The Labute approximate surface area is 266 Å². The zero-order valence-corrected chi connectivity index (χ0v) is 29.2. The van der Waals surface area contributed by atoms with Crippen molar-refractivity contribution < 1.29 is 5.11 Å². The third-order valence-corrected chi connectivity index (χ3v) is 9.23. The first-order valence-corrected chi connectivity index (χ1v) is 16.4. The molecule has 0 saturated heterocycles. The minimum absolute atomic E-state index is 0.0285. The number of fused-ring (bicyclic) bond motifs is 3. The molecule has 4 aromatic carbocycles. The van der Waals surface area contributed by atoms with Gasteiger partial charge in [0, 0.05) is 16.3 Å². The van der Waals surface area contributed by atoms with Gasteiger partial charge in [0.15, 0.2) is 0 Å². The third kappa shape index (κ3) is 6.06. The van der Waals surface area contributed by atoms with E-state index in [-0.39, 0.29) is 21.7 Å². The highest BCUT2D eigenvalue weighted by Gasteiger charge is 2.30. The molecule has 5 rings (SSSR count). The molecule has 1 aromatic heterocycles. The molecule has 1 N–H and O–H groups in total. The Morgan fingerprint density at radius 1 is 0.614 bits per heavy atom. The van der Waals surface area contributed by atoms with E-state index in [1.807, 2.05) is 0 Å². The Balaban J connectivity index is 1.91. The van der Waals surface area contributed by atoms with Crippen molar-refractivity contribution in [2.75, 3.05) is 0 Å². The van der Waals surface area contributed by atoms with Gasteiger partial charge in [-0.25, -0.2) is 0 Å². The predicted octanol–water partition coefficient (Wildman–Crippen LogP) is 12.0. The second kappa shape index (κ2) is 10.8. The number of aryl methyl sites for hydroxylation is 1. The van der Waals surface area contributed by atoms with E-state index >= 15 is 0 Å². The Bertz CT molecular complexity index is 1770. The van der Waals surface area contributed by atoms with E-state index in [4.69, 9.17) is 0 Å². The second-order valence-corrected chi connectivity index (χ2v) is 16.9. The number of phenols is 1. The van der Waals surface area contributed by atoms with Gasteiger partial charge >= 0.3 is 0 Å². The normalized spacial score (nSPS) is 13.3. The van der Waals surface area contributed by atoms with Crippen molar-refractivity contribution in [2.24, 2.45) is 5.41 Å². The highest BCUT2D eigenvalue weighted by molar-refractivity contribution is 6.10. The summed E-state index contributed by atoms with van der Waals surface area (Å²) in [6.45, 7) is 27.5. The van der Waals surface area contributed by atoms with Crippen LogP contribution >= 0.6 is 0 Å². The fourth-order valence-electron chi connectivity index (χ4n) is 7.00. The molecule has 0 aliphatic heterocycles. The fraction of sp³-hybridized carbons (Fsp3) is 0.429. The van der Waals surface area contributed by atoms with Crippen LogP contribution in [0.3, 0.4) is 0 Å². The van der Waals surface area contributed by atoms with Crippen molar-refractivity contribution in [3.8, 4) is 22.6 Å². The van der Waals surface area contributed by atoms with Crippen LogP contribution in [0.5, 0.6) is 5.75 Å². The monoisotopic (exact) mass is 587 g/mol. The van der Waals surface area contributed by atoms with Crippen LogP contribution in [0.1, 0.15) is 112 Å². The maximum absolute atomic E-state index is 12.3. The highest BCUT2D eigenvalue weighted by atomic mass is 16.3. The van der Waals surface area contributed by atoms with Gasteiger partial charge in [-0.1, -0.05) is 119 Å². The highest BCUT2D eigenvalue weighted by Crippen LogP contribution is 2.46. The number of aromatic nitrogens is 1. The number of benzene rings is 4. The van der Waals surface area contributed by atoms with E-state index in [0.717, 1.165) is 40.7 Å². The molecular weight excluding hydrogens is 534 g/mol. The number of hydrogen-bond donors (Lipinski definition) is 1. The summed E-state index contributed by atoms with van der Waals surface area (Å²) in [5.41, 5.74) is 10.3. The zero-order chi connectivity index (χ0) is 32.4. The lowest BCUT2D eigenvalue weighted by atomic mass is 9.71. The summed E-state index contributed by atoms with van der Waals surface area (Å²) in [5.74, 6) is 0.326. The summed E-state index contributed by atoms with van der Waals surface area (Å²) in [4.78, 5) is 0. The molecule has 0 atom stereocenters. The number of phenolic OH excluding ortho intramolecular Hbond substituents is 1. The Hall–Kier alpha value is -3.52. The lowest BCUT2D eigenvalue weighted by Crippen LogP contribution is -2.25. The molecule has 232 valence electrons. The lowest BCUT2D eigenvalue weighted by molar-refractivity contribution is 0.284. The molecule has 2 nitrogen and oxygen atoms in total. The van der Waals surface area contributed by atoms with Gasteiger partial charge in [0.1, 0.15) is 5.75 Å². The smallest absolute Gasteiger partial charge is 0.147 e. The molecule has 0 bridgehead atoms. The van der Waals surface area contributed by atoms with Crippen LogP contribution in [-0.4, -0.2) is 9.67 Å². The van der Waals surface area contributed by atoms with Crippen LogP contribution in [0.25, 0.3) is 38.6 Å². The molecule has 0 aliphatic carbocycles. The van der Waals surface area contributed by atoms with Crippen LogP contribution in [0, 0.1) is 5.41 Å². The predicted molar refractivity (Wildman–Crippen MR) is 192 cm³/mol. The molecule has 0 radical (unpaired) electrons. The Morgan fingerprint density at radius 2 is 1.16 bits per heavy atom. The minimum atomic E-state index is -0.102. The van der Waals surface area contributed by atoms with E-state index in [1.165, 1.54) is 33.0 Å². The molecule has 0 saturated carbocycles. The summed E-state index contributed by atoms with van der Waals surface area (Å²) in [6.07, 6.45) is 1.98. The minimum Gasteiger partial charge on any atom is -0.505 e. The van der Waals surface area contributed by atoms with E-state index in [0.29, 0.717) is 5.75 Å². The van der Waals surface area contributed by atoms with Gasteiger partial charge in [-0.2, -0.15) is 0 Å². The summed E-state index contributed by atoms with van der Waals surface area (Å²) >= 11 is 0. The number of aromatic hydroxyl groups is 1. The maximum Gasteiger partial charge on any atom is 0.147 e. The molecule has 1 heterocycles. The van der Waals surface area contributed by atoms with Crippen molar-refractivity contribution in [3.05, 3.63) is 95.1 Å². The van der Waals surface area contributed by atoms with Gasteiger partial charge in [0.05, 0.1) is 16.7 Å². The summed E-state index contributed by atoms with van der Waals surface area (Å²) in [7, 11) is 0. The molecule has 0 amide bonds. The summed E-state index contributed by atoms with van der Waals surface area (Å²) in [6, 6.07) is 26.9. The summed E-state index contributed by atoms with van der Waals surface area (Å²) in [5, 5.41) is 14.7. The van der Waals surface area contributed by atoms with Crippen LogP contribution in [0.2, 0.25) is 0 Å². The quantitative estimate of drug-likeness (QED) is 0.217. The zero-order valence-electron chi connectivity index (χ0n) is 29.2. The first-order chi connectivity index (χ1) is 20.3. The molecule has 44 heavy (non-hydrogen) atoms. The number of rotatable bonds is 5. The lowest BCUT2D eigenvalue weighted by Gasteiger charge is -2.34. The molecule has 0 fully saturated rings. The van der Waals surface area contributed by atoms with E-state index in [1.54, 1.807) is 0 Å². The number of hydrogen-bond acceptors (Lipinski definition) is 1. The van der Waals surface area contributed by atoms with Crippen molar-refractivity contribution in [2.45, 2.75) is 112 Å². The SMILES string of the molecule is CCc1cccc(-c2cc(C(C)(C)CC(C)(C)C)cc(-n3c4ccc(C(C)(C)C)cc4c4cc(C(C)(C)C)ccc43)c2O)c1. The van der Waals surface area contributed by atoms with Gasteiger partial charge in [-0.05, 0) is 98.7 Å². The standard InChI is InChI=1S/C42H53NO/c1-13-27-15-14-16-28(21-27)32-24-31(42(11,12)26-39(2,3)4)25-37(38(32)44)43-35-19-17-29(40(5,6)7)22-33(35)34-23-30(41(8,9)10)18-20-36(34)43/h14-25,44H,13,26H2,1-12H3. The third-order valence-electron chi connectivity index (χ3n) is 9.23. The average Bonchev–Trinajstić information content (AvgIpc) is 3.24. The van der Waals surface area contributed by atoms with Gasteiger partial charge < -0.3 is 9.67 Å². The molecule has 0 unspecified atom stereocenters. The fourth-order valence-corrected chi connectivity index (χ4v) is 7.00. The van der Waals surface area contributed by atoms with E-state index in [2.05, 4.69) is 160 Å². The molecule has 0 spiro atoms. The Morgan fingerprint density at radius 3 is 1.64 bits per heavy atom. The average molecular weight is 588 g/mol. The van der Waals surface area contributed by atoms with Crippen LogP contribution in [-0.2, 0) is 22.7 Å². The largest absolute Gasteiger partial charge is 0.505 e. The molecule has 0 aliphatic rings. The second-order valence-electron chi connectivity index (χ2n) is 16.9. The van der Waals surface area contributed by atoms with E-state index in [9.17, 15) is 5.11 Å². The van der Waals surface area contributed by atoms with Crippen LogP contribution in [0.4, 0.5) is 0 Å². The Kier molecular flexibility index (Phi) is 7.85. The van der Waals surface area contributed by atoms with E-state index < -0.39 is 0 Å². The van der Waals surface area contributed by atoms with Crippen molar-refractivity contribution in [3.63, 3.8) is 0 Å². The van der Waals surface area contributed by atoms with Crippen molar-refractivity contribution in [1.29, 1.82) is 0 Å². The first kappa shape index (κ1) is 31.9. The van der Waals surface area contributed by atoms with Crippen LogP contribution < -0.4 is 0 Å². The summed E-state index contributed by atoms with van der Waals surface area (Å²) < 4.78 is 2.31. The maximum atomic E-state index is 12.3. The molecular formula is C42H53NO. The van der Waals surface area contributed by atoms with Gasteiger partial charge in [-0.15, -0.1) is 0 Å². The van der Waals surface area contributed by atoms with Crippen LogP contribution in [0.15, 0.2) is 72.8 Å². The molecule has 5 aromatic rings. The van der Waals surface area contributed by atoms with Crippen molar-refractivity contribution >= 4 is 21.8 Å².